The SMILES string of the molecule is Cc1cc(N2CCC[N+](C)(C)CC2)ccc1[N+]1(C)CCCN(c2ccc(C(F)(F)F)cc2)CC1. The van der Waals surface area contributed by atoms with Gasteiger partial charge in [0.25, 0.3) is 0 Å². The zero-order valence-electron chi connectivity index (χ0n) is 21.0. The van der Waals surface area contributed by atoms with E-state index in [0.29, 0.717) is 0 Å². The van der Waals surface area contributed by atoms with Crippen LogP contribution in [0.25, 0.3) is 0 Å². The van der Waals surface area contributed by atoms with Gasteiger partial charge in [0.15, 0.2) is 0 Å². The van der Waals surface area contributed by atoms with Crippen molar-refractivity contribution in [3.8, 4) is 0 Å². The molecule has 2 aliphatic heterocycles. The molecule has 1 unspecified atom stereocenters. The number of rotatable bonds is 3. The van der Waals surface area contributed by atoms with E-state index < -0.39 is 11.7 Å². The van der Waals surface area contributed by atoms with Crippen LogP contribution in [-0.2, 0) is 6.18 Å². The van der Waals surface area contributed by atoms with E-state index in [1.54, 1.807) is 12.1 Å². The predicted molar refractivity (Wildman–Crippen MR) is 136 cm³/mol. The molecular formula is C27H39F3N4+2. The number of benzene rings is 2. The Morgan fingerprint density at radius 1 is 0.706 bits per heavy atom. The topological polar surface area (TPSA) is 6.48 Å². The average Bonchev–Trinajstić information content (AvgIpc) is 3.08. The second-order valence-corrected chi connectivity index (χ2v) is 10.9. The van der Waals surface area contributed by atoms with Gasteiger partial charge in [-0.1, -0.05) is 0 Å². The lowest BCUT2D eigenvalue weighted by Crippen LogP contribution is -2.48. The van der Waals surface area contributed by atoms with Crippen LogP contribution in [0.5, 0.6) is 0 Å². The first-order valence-electron chi connectivity index (χ1n) is 12.4. The summed E-state index contributed by atoms with van der Waals surface area (Å²) < 4.78 is 40.7. The lowest BCUT2D eigenvalue weighted by atomic mass is 10.1. The normalized spacial score (nSPS) is 24.0. The molecule has 2 fully saturated rings. The largest absolute Gasteiger partial charge is 0.416 e. The van der Waals surface area contributed by atoms with Crippen LogP contribution < -0.4 is 14.3 Å². The number of likely N-dealkylation sites (N-methyl/N-ethyl adjacent to an activating group) is 2. The number of hydrogen-bond acceptors (Lipinski definition) is 2. The van der Waals surface area contributed by atoms with Crippen molar-refractivity contribution in [1.82, 2.24) is 4.48 Å². The average molecular weight is 477 g/mol. The standard InChI is InChI=1S/C27H39F3N4/c1-22-21-25(32-13-5-17-33(2,3)19-15-32)11-12-26(22)34(4)18-6-14-31(16-20-34)24-9-7-23(8-10-24)27(28,29)30/h7-12,21H,5-6,13-20H2,1-4H3/q+2. The van der Waals surface area contributed by atoms with Gasteiger partial charge in [-0.3, -0.25) is 4.48 Å². The van der Waals surface area contributed by atoms with Crippen LogP contribution in [0.15, 0.2) is 42.5 Å². The summed E-state index contributed by atoms with van der Waals surface area (Å²) in [5, 5.41) is 0. The Morgan fingerprint density at radius 2 is 1.29 bits per heavy atom. The Kier molecular flexibility index (Phi) is 6.89. The van der Waals surface area contributed by atoms with E-state index >= 15 is 0 Å². The summed E-state index contributed by atoms with van der Waals surface area (Å²) >= 11 is 0. The van der Waals surface area contributed by atoms with Crippen LogP contribution >= 0.6 is 0 Å². The molecule has 1 atom stereocenters. The van der Waals surface area contributed by atoms with Gasteiger partial charge >= 0.3 is 6.18 Å². The van der Waals surface area contributed by atoms with Crippen molar-refractivity contribution in [2.75, 3.05) is 83.3 Å². The van der Waals surface area contributed by atoms with Gasteiger partial charge in [-0.25, -0.2) is 0 Å². The van der Waals surface area contributed by atoms with E-state index in [1.165, 1.54) is 42.0 Å². The third-order valence-electron chi connectivity index (χ3n) is 7.80. The molecule has 2 aliphatic rings. The summed E-state index contributed by atoms with van der Waals surface area (Å²) in [6.07, 6.45) is -2.08. The van der Waals surface area contributed by atoms with Gasteiger partial charge in [0.1, 0.15) is 12.2 Å². The summed E-state index contributed by atoms with van der Waals surface area (Å²) in [5.74, 6) is 0. The van der Waals surface area contributed by atoms with Crippen molar-refractivity contribution in [3.63, 3.8) is 0 Å². The lowest BCUT2D eigenvalue weighted by Gasteiger charge is -2.35. The summed E-state index contributed by atoms with van der Waals surface area (Å²) in [4.78, 5) is 4.75. The van der Waals surface area contributed by atoms with Crippen molar-refractivity contribution in [2.45, 2.75) is 25.9 Å². The van der Waals surface area contributed by atoms with Gasteiger partial charge in [-0.15, -0.1) is 0 Å². The number of aryl methyl sites for hydroxylation is 1. The molecule has 0 aromatic heterocycles. The van der Waals surface area contributed by atoms with E-state index in [0.717, 1.165) is 66.9 Å². The molecule has 2 heterocycles. The molecule has 0 saturated carbocycles. The zero-order chi connectivity index (χ0) is 24.6. The number of anilines is 2. The van der Waals surface area contributed by atoms with Crippen LogP contribution in [-0.4, -0.2) is 78.0 Å². The number of halogens is 3. The Hall–Kier alpha value is -2.25. The number of alkyl halides is 3. The van der Waals surface area contributed by atoms with Gasteiger partial charge in [0, 0.05) is 48.9 Å². The predicted octanol–water partition coefficient (Wildman–Crippen LogP) is 5.15. The third-order valence-corrected chi connectivity index (χ3v) is 7.80. The fraction of sp³-hybridized carbons (Fsp3) is 0.556. The highest BCUT2D eigenvalue weighted by Gasteiger charge is 2.32. The molecule has 0 aliphatic carbocycles. The molecule has 2 aromatic carbocycles. The minimum Gasteiger partial charge on any atom is -0.366 e. The fourth-order valence-corrected chi connectivity index (χ4v) is 5.54. The van der Waals surface area contributed by atoms with Gasteiger partial charge in [-0.05, 0) is 43.3 Å². The van der Waals surface area contributed by atoms with Crippen molar-refractivity contribution >= 4 is 17.1 Å². The molecule has 0 radical (unpaired) electrons. The van der Waals surface area contributed by atoms with Gasteiger partial charge in [-0.2, -0.15) is 13.2 Å². The van der Waals surface area contributed by atoms with Crippen molar-refractivity contribution in [2.24, 2.45) is 0 Å². The van der Waals surface area contributed by atoms with Crippen LogP contribution in [0.1, 0.15) is 24.0 Å². The summed E-state index contributed by atoms with van der Waals surface area (Å²) in [5.41, 5.74) is 4.27. The highest BCUT2D eigenvalue weighted by Crippen LogP contribution is 2.33. The van der Waals surface area contributed by atoms with Gasteiger partial charge < -0.3 is 14.3 Å². The second-order valence-electron chi connectivity index (χ2n) is 10.9. The maximum atomic E-state index is 12.9. The molecule has 0 spiro atoms. The molecule has 0 N–H and O–H groups in total. The molecular weight excluding hydrogens is 437 g/mol. The van der Waals surface area contributed by atoms with Crippen LogP contribution in [0, 0.1) is 6.92 Å². The van der Waals surface area contributed by atoms with Gasteiger partial charge in [0.05, 0.1) is 59.4 Å². The van der Waals surface area contributed by atoms with Crippen LogP contribution in [0.2, 0.25) is 0 Å². The summed E-state index contributed by atoms with van der Waals surface area (Å²) in [7, 11) is 6.93. The first kappa shape index (κ1) is 24.9. The first-order valence-corrected chi connectivity index (χ1v) is 12.4. The van der Waals surface area contributed by atoms with Gasteiger partial charge in [0.2, 0.25) is 0 Å². The molecule has 0 bridgehead atoms. The molecule has 4 rings (SSSR count). The number of nitrogens with zero attached hydrogens (tertiary/aromatic N) is 4. The van der Waals surface area contributed by atoms with E-state index in [2.05, 4.69) is 56.1 Å². The van der Waals surface area contributed by atoms with E-state index in [9.17, 15) is 13.2 Å². The minimum absolute atomic E-state index is 0.589. The molecule has 186 valence electrons. The van der Waals surface area contributed by atoms with Crippen molar-refractivity contribution < 1.29 is 17.7 Å². The molecule has 7 heteroatoms. The number of quaternary nitrogens is 2. The lowest BCUT2D eigenvalue weighted by molar-refractivity contribution is -0.887. The highest BCUT2D eigenvalue weighted by molar-refractivity contribution is 5.60. The van der Waals surface area contributed by atoms with E-state index in [1.807, 2.05) is 0 Å². The zero-order valence-corrected chi connectivity index (χ0v) is 21.0. The van der Waals surface area contributed by atoms with E-state index in [4.69, 9.17) is 0 Å². The fourth-order valence-electron chi connectivity index (χ4n) is 5.54. The monoisotopic (exact) mass is 476 g/mol. The summed E-state index contributed by atoms with van der Waals surface area (Å²) in [6, 6.07) is 12.6. The van der Waals surface area contributed by atoms with Crippen molar-refractivity contribution in [1.29, 1.82) is 0 Å². The maximum Gasteiger partial charge on any atom is 0.416 e. The van der Waals surface area contributed by atoms with Crippen LogP contribution in [0.4, 0.5) is 30.2 Å². The quantitative estimate of drug-likeness (QED) is 0.566. The summed E-state index contributed by atoms with van der Waals surface area (Å²) in [6.45, 7) is 10.4. The Bertz CT molecular complexity index is 986. The molecule has 4 nitrogen and oxygen atoms in total. The second kappa shape index (κ2) is 9.42. The minimum atomic E-state index is -4.29. The Morgan fingerprint density at radius 3 is 1.94 bits per heavy atom. The molecule has 2 saturated heterocycles. The molecule has 0 amide bonds. The molecule has 34 heavy (non-hydrogen) atoms. The smallest absolute Gasteiger partial charge is 0.366 e. The third kappa shape index (κ3) is 5.52. The maximum absolute atomic E-state index is 12.9. The Balaban J connectivity index is 1.47. The van der Waals surface area contributed by atoms with Crippen LogP contribution in [0.3, 0.4) is 0 Å². The van der Waals surface area contributed by atoms with Crippen molar-refractivity contribution in [3.05, 3.63) is 53.6 Å². The van der Waals surface area contributed by atoms with E-state index in [-0.39, 0.29) is 0 Å². The molecule has 2 aromatic rings. The highest BCUT2D eigenvalue weighted by atomic mass is 19.4. The Labute approximate surface area is 202 Å². The number of hydrogen-bond donors (Lipinski definition) is 0. The first-order chi connectivity index (χ1) is 16.0.